The predicted molar refractivity (Wildman–Crippen MR) is 284 cm³/mol. The lowest BCUT2D eigenvalue weighted by atomic mass is 9.29. The maximum atomic E-state index is 6.75. The van der Waals surface area contributed by atoms with E-state index >= 15 is 0 Å². The summed E-state index contributed by atoms with van der Waals surface area (Å²) in [5.74, 6) is 0. The van der Waals surface area contributed by atoms with Gasteiger partial charge in [-0.25, -0.2) is 0 Å². The van der Waals surface area contributed by atoms with Crippen molar-refractivity contribution in [2.75, 3.05) is 9.80 Å². The standard InChI is InChI=1S/C61H38B2N2OS/c1-37-17-8-12-26-48(37)64-49-27-13-10-24-44(49)62-46-35-40(38-18-4-2-5-19-38)31-33-50(46)65-51-34-32-41(39-20-6-3-7-21-39)36-47(51)63-45-25-11-15-30-54(45)67-61-56(59(64)57(62)60(65)58(61)63)43-23-16-29-53-55(43)42-22-9-14-28-52(42)66-53/h2-36H,1H3. The Hall–Kier alpha value is -7.92. The van der Waals surface area contributed by atoms with Crippen LogP contribution in [0.4, 0.5) is 34.1 Å². The molecular formula is C61H38B2N2OS. The molecule has 4 aliphatic heterocycles. The molecule has 67 heavy (non-hydrogen) atoms. The van der Waals surface area contributed by atoms with Gasteiger partial charge in [-0.3, -0.25) is 0 Å². The normalized spacial score (nSPS) is 13.6. The van der Waals surface area contributed by atoms with Crippen LogP contribution in [0.5, 0.6) is 0 Å². The second kappa shape index (κ2) is 14.0. The first-order valence-corrected chi connectivity index (χ1v) is 24.1. The first kappa shape index (κ1) is 37.3. The molecule has 11 aromatic rings. The van der Waals surface area contributed by atoms with Crippen molar-refractivity contribution >= 4 is 114 Å². The van der Waals surface area contributed by atoms with Gasteiger partial charge in [0.2, 0.25) is 6.71 Å². The SMILES string of the molecule is Cc1ccccc1N1c2ccccc2B2c3cc(-c4ccccc4)ccc3N3c4ccc(-c5ccccc5)cc4B4c5ccccc5Sc5c4c3c2c1c5-c1cccc2oc3ccccc3c12. The minimum Gasteiger partial charge on any atom is -0.456 e. The average molecular weight is 869 g/mol. The van der Waals surface area contributed by atoms with Crippen LogP contribution in [-0.4, -0.2) is 13.4 Å². The fraction of sp³-hybridized carbons (Fsp3) is 0.0164. The molecule has 310 valence electrons. The number of benzene rings is 10. The Balaban J connectivity index is 1.17. The summed E-state index contributed by atoms with van der Waals surface area (Å²) in [6, 6.07) is 78.9. The van der Waals surface area contributed by atoms with E-state index in [0.29, 0.717) is 0 Å². The molecule has 1 aromatic heterocycles. The van der Waals surface area contributed by atoms with Crippen LogP contribution in [0.3, 0.4) is 0 Å². The number of hydrogen-bond donors (Lipinski definition) is 0. The monoisotopic (exact) mass is 868 g/mol. The molecular weight excluding hydrogens is 830 g/mol. The van der Waals surface area contributed by atoms with E-state index in [9.17, 15) is 0 Å². The summed E-state index contributed by atoms with van der Waals surface area (Å²) in [5, 5.41) is 2.28. The van der Waals surface area contributed by atoms with Crippen LogP contribution < -0.4 is 42.6 Å². The Labute approximate surface area is 394 Å². The summed E-state index contributed by atoms with van der Waals surface area (Å²) >= 11 is 1.94. The minimum atomic E-state index is -0.0614. The molecule has 10 aromatic carbocycles. The number of para-hydroxylation sites is 3. The minimum absolute atomic E-state index is 0.0171. The van der Waals surface area contributed by atoms with Gasteiger partial charge in [0, 0.05) is 54.6 Å². The highest BCUT2D eigenvalue weighted by Crippen LogP contribution is 2.55. The van der Waals surface area contributed by atoms with E-state index in [4.69, 9.17) is 4.42 Å². The zero-order valence-corrected chi connectivity index (χ0v) is 37.4. The maximum Gasteiger partial charge on any atom is 0.252 e. The van der Waals surface area contributed by atoms with Gasteiger partial charge in [0.25, 0.3) is 6.71 Å². The molecule has 15 rings (SSSR count). The lowest BCUT2D eigenvalue weighted by molar-refractivity contribution is 0.669. The van der Waals surface area contributed by atoms with Crippen LogP contribution in [-0.2, 0) is 0 Å². The lowest BCUT2D eigenvalue weighted by Crippen LogP contribution is -2.68. The smallest absolute Gasteiger partial charge is 0.252 e. The Kier molecular flexibility index (Phi) is 7.82. The third-order valence-electron chi connectivity index (χ3n) is 14.8. The summed E-state index contributed by atoms with van der Waals surface area (Å²) in [6.07, 6.45) is 0. The third kappa shape index (κ3) is 5.16. The number of anilines is 6. The van der Waals surface area contributed by atoms with Crippen molar-refractivity contribution in [2.45, 2.75) is 16.7 Å². The Bertz CT molecular complexity index is 3890. The molecule has 0 amide bonds. The van der Waals surface area contributed by atoms with Gasteiger partial charge >= 0.3 is 0 Å². The molecule has 0 spiro atoms. The van der Waals surface area contributed by atoms with E-state index < -0.39 is 0 Å². The van der Waals surface area contributed by atoms with Gasteiger partial charge in [0.05, 0.1) is 5.69 Å². The van der Waals surface area contributed by atoms with Gasteiger partial charge in [0.15, 0.2) is 0 Å². The zero-order chi connectivity index (χ0) is 43.9. The number of furan rings is 1. The summed E-state index contributed by atoms with van der Waals surface area (Å²) in [6.45, 7) is 2.18. The van der Waals surface area contributed by atoms with Gasteiger partial charge < -0.3 is 14.2 Å². The van der Waals surface area contributed by atoms with Crippen molar-refractivity contribution < 1.29 is 4.42 Å². The molecule has 0 radical (unpaired) electrons. The van der Waals surface area contributed by atoms with Crippen molar-refractivity contribution in [2.24, 2.45) is 0 Å². The summed E-state index contributed by atoms with van der Waals surface area (Å²) in [5.41, 5.74) is 25.8. The van der Waals surface area contributed by atoms with E-state index in [1.54, 1.807) is 0 Å². The number of aryl methyl sites for hydroxylation is 1. The lowest BCUT2D eigenvalue weighted by Gasteiger charge is -2.50. The summed E-state index contributed by atoms with van der Waals surface area (Å²) < 4.78 is 6.75. The second-order valence-corrected chi connectivity index (χ2v) is 19.4. The summed E-state index contributed by atoms with van der Waals surface area (Å²) in [7, 11) is 0. The van der Waals surface area contributed by atoms with E-state index in [0.717, 1.165) is 21.9 Å². The average Bonchev–Trinajstić information content (AvgIpc) is 3.78. The van der Waals surface area contributed by atoms with E-state index in [1.165, 1.54) is 116 Å². The number of hydrogen-bond acceptors (Lipinski definition) is 4. The molecule has 0 bridgehead atoms. The van der Waals surface area contributed by atoms with E-state index in [1.807, 2.05) is 11.8 Å². The van der Waals surface area contributed by atoms with Gasteiger partial charge in [-0.1, -0.05) is 187 Å². The summed E-state index contributed by atoms with van der Waals surface area (Å²) in [4.78, 5) is 7.88. The molecule has 4 aliphatic rings. The Morgan fingerprint density at radius 2 is 0.985 bits per heavy atom. The highest BCUT2D eigenvalue weighted by atomic mass is 32.2. The van der Waals surface area contributed by atoms with Gasteiger partial charge in [-0.05, 0) is 110 Å². The molecule has 0 aliphatic carbocycles. The third-order valence-corrected chi connectivity index (χ3v) is 16.1. The number of rotatable bonds is 4. The first-order chi connectivity index (χ1) is 33.2. The molecule has 3 nitrogen and oxygen atoms in total. The topological polar surface area (TPSA) is 19.6 Å². The number of nitrogens with zero attached hydrogens (tertiary/aromatic N) is 2. The van der Waals surface area contributed by atoms with Crippen LogP contribution in [0, 0.1) is 6.92 Å². The van der Waals surface area contributed by atoms with Crippen LogP contribution in [0.1, 0.15) is 5.56 Å². The van der Waals surface area contributed by atoms with Crippen LogP contribution in [0.25, 0.3) is 55.3 Å². The molecule has 6 heteroatoms. The van der Waals surface area contributed by atoms with E-state index in [2.05, 4.69) is 229 Å². The Morgan fingerprint density at radius 1 is 0.418 bits per heavy atom. The fourth-order valence-corrected chi connectivity index (χ4v) is 13.4. The van der Waals surface area contributed by atoms with Gasteiger partial charge in [0.1, 0.15) is 11.2 Å². The molecule has 0 saturated carbocycles. The van der Waals surface area contributed by atoms with Crippen molar-refractivity contribution in [1.82, 2.24) is 0 Å². The predicted octanol–water partition coefficient (Wildman–Crippen LogP) is 12.3. The van der Waals surface area contributed by atoms with Crippen molar-refractivity contribution in [1.29, 1.82) is 0 Å². The van der Waals surface area contributed by atoms with Crippen molar-refractivity contribution in [3.05, 3.63) is 218 Å². The van der Waals surface area contributed by atoms with E-state index in [-0.39, 0.29) is 13.4 Å². The maximum absolute atomic E-state index is 6.75. The fourth-order valence-electron chi connectivity index (χ4n) is 12.1. The van der Waals surface area contributed by atoms with Crippen molar-refractivity contribution in [3.8, 4) is 33.4 Å². The molecule has 0 N–H and O–H groups in total. The first-order valence-electron chi connectivity index (χ1n) is 23.2. The van der Waals surface area contributed by atoms with Gasteiger partial charge in [-0.2, -0.15) is 0 Å². The molecule has 0 atom stereocenters. The molecule has 0 unspecified atom stereocenters. The van der Waals surface area contributed by atoms with Crippen LogP contribution in [0.2, 0.25) is 0 Å². The van der Waals surface area contributed by atoms with Crippen LogP contribution >= 0.6 is 11.8 Å². The highest BCUT2D eigenvalue weighted by molar-refractivity contribution is 8.00. The molecule has 0 saturated heterocycles. The molecule has 5 heterocycles. The zero-order valence-electron chi connectivity index (χ0n) is 36.6. The Morgan fingerprint density at radius 3 is 1.72 bits per heavy atom. The van der Waals surface area contributed by atoms with Crippen LogP contribution in [0.15, 0.2) is 227 Å². The second-order valence-electron chi connectivity index (χ2n) is 18.3. The quantitative estimate of drug-likeness (QED) is 0.164. The largest absolute Gasteiger partial charge is 0.456 e. The highest BCUT2D eigenvalue weighted by Gasteiger charge is 2.52. The van der Waals surface area contributed by atoms with Gasteiger partial charge in [-0.15, -0.1) is 0 Å². The number of fused-ring (bicyclic) bond motifs is 13. The molecule has 0 fully saturated rings. The van der Waals surface area contributed by atoms with Crippen molar-refractivity contribution in [3.63, 3.8) is 0 Å².